The van der Waals surface area contributed by atoms with Crippen molar-refractivity contribution in [2.75, 3.05) is 18.4 Å². The van der Waals surface area contributed by atoms with Crippen LogP contribution in [-0.2, 0) is 10.0 Å². The predicted molar refractivity (Wildman–Crippen MR) is 144 cm³/mol. The van der Waals surface area contributed by atoms with E-state index in [1.807, 2.05) is 6.92 Å². The number of nitrogens with one attached hydrogen (secondary N) is 2. The first kappa shape index (κ1) is 26.5. The van der Waals surface area contributed by atoms with E-state index >= 15 is 0 Å². The topological polar surface area (TPSA) is 167 Å². The van der Waals surface area contributed by atoms with Crippen molar-refractivity contribution in [3.63, 3.8) is 0 Å². The van der Waals surface area contributed by atoms with Gasteiger partial charge in [-0.3, -0.25) is 9.71 Å². The van der Waals surface area contributed by atoms with Gasteiger partial charge in [-0.05, 0) is 60.7 Å². The standard InChI is InChI=1S/C26H23N8O5S/c1-4-38-26-22(39-21-8-6-5-7-20(21)37-3)25(32-40(35,36)18-11-9-16(2)10-12-18)28-23(29-26)17-13-14-27-19(15-17)24-30-33-34-31-24/h5-15H,1,4H2,2-3H3,(H,28,29,32)(H,30,31,33,34). The van der Waals surface area contributed by atoms with Crippen LogP contribution in [0.5, 0.6) is 23.1 Å². The Kier molecular flexibility index (Phi) is 7.50. The Labute approximate surface area is 229 Å². The van der Waals surface area contributed by atoms with Crippen LogP contribution in [0.25, 0.3) is 22.9 Å². The second kappa shape index (κ2) is 11.3. The molecule has 0 aliphatic carbocycles. The van der Waals surface area contributed by atoms with Crippen LogP contribution in [-0.4, -0.2) is 57.7 Å². The van der Waals surface area contributed by atoms with Crippen molar-refractivity contribution in [2.45, 2.75) is 11.8 Å². The molecular weight excluding hydrogens is 536 g/mol. The van der Waals surface area contributed by atoms with E-state index in [0.717, 1.165) is 5.56 Å². The molecule has 3 aromatic heterocycles. The van der Waals surface area contributed by atoms with E-state index in [-0.39, 0.29) is 40.5 Å². The van der Waals surface area contributed by atoms with Gasteiger partial charge in [0.25, 0.3) is 15.9 Å². The maximum atomic E-state index is 13.4. The highest BCUT2D eigenvalue weighted by atomic mass is 32.2. The molecule has 0 aliphatic rings. The summed E-state index contributed by atoms with van der Waals surface area (Å²) >= 11 is 0. The fourth-order valence-electron chi connectivity index (χ4n) is 3.60. The number of pyridine rings is 1. The summed E-state index contributed by atoms with van der Waals surface area (Å²) in [5.74, 6) is 0.836. The molecule has 0 spiro atoms. The smallest absolute Gasteiger partial charge is 0.263 e. The normalized spacial score (nSPS) is 11.2. The number of para-hydroxylation sites is 2. The number of H-pyrrole nitrogens is 1. The van der Waals surface area contributed by atoms with Crippen LogP contribution in [0.4, 0.5) is 5.82 Å². The van der Waals surface area contributed by atoms with Gasteiger partial charge in [-0.25, -0.2) is 18.5 Å². The molecular formula is C26H23N8O5S. The molecule has 5 rings (SSSR count). The lowest BCUT2D eigenvalue weighted by molar-refractivity contribution is 0.319. The molecule has 14 heteroatoms. The summed E-state index contributed by atoms with van der Waals surface area (Å²) in [5.41, 5.74) is 1.81. The molecule has 203 valence electrons. The third kappa shape index (κ3) is 5.66. The average Bonchev–Trinajstić information content (AvgIpc) is 3.50. The number of rotatable bonds is 10. The molecule has 0 saturated heterocycles. The molecule has 2 aromatic carbocycles. The highest BCUT2D eigenvalue weighted by Gasteiger charge is 2.25. The van der Waals surface area contributed by atoms with E-state index in [9.17, 15) is 8.42 Å². The molecule has 0 unspecified atom stereocenters. The monoisotopic (exact) mass is 559 g/mol. The highest BCUT2D eigenvalue weighted by Crippen LogP contribution is 2.41. The Bertz CT molecular complexity index is 1730. The highest BCUT2D eigenvalue weighted by molar-refractivity contribution is 7.92. The Hall–Kier alpha value is -5.11. The van der Waals surface area contributed by atoms with Crippen LogP contribution in [0.15, 0.2) is 71.8 Å². The number of ether oxygens (including phenoxy) is 3. The number of benzene rings is 2. The van der Waals surface area contributed by atoms with Crippen LogP contribution in [0.2, 0.25) is 0 Å². The third-order valence-corrected chi connectivity index (χ3v) is 6.88. The number of aryl methyl sites for hydroxylation is 1. The van der Waals surface area contributed by atoms with Gasteiger partial charge in [-0.2, -0.15) is 4.98 Å². The maximum absolute atomic E-state index is 13.4. The fraction of sp³-hybridized carbons (Fsp3) is 0.115. The second-order valence-electron chi connectivity index (χ2n) is 8.23. The van der Waals surface area contributed by atoms with E-state index < -0.39 is 10.0 Å². The van der Waals surface area contributed by atoms with Gasteiger partial charge in [0.2, 0.25) is 5.75 Å². The number of aromatic nitrogens is 7. The first-order valence-electron chi connectivity index (χ1n) is 11.8. The third-order valence-electron chi connectivity index (χ3n) is 5.52. The van der Waals surface area contributed by atoms with Crippen molar-refractivity contribution in [3.05, 3.63) is 79.3 Å². The minimum Gasteiger partial charge on any atom is -0.493 e. The molecule has 0 bridgehead atoms. The van der Waals surface area contributed by atoms with E-state index in [1.165, 1.54) is 25.4 Å². The lowest BCUT2D eigenvalue weighted by Gasteiger charge is -2.18. The summed E-state index contributed by atoms with van der Waals surface area (Å²) < 4.78 is 46.6. The van der Waals surface area contributed by atoms with Crippen molar-refractivity contribution >= 4 is 15.8 Å². The minimum absolute atomic E-state index is 0.0325. The van der Waals surface area contributed by atoms with Gasteiger partial charge < -0.3 is 14.2 Å². The summed E-state index contributed by atoms with van der Waals surface area (Å²) in [5, 5.41) is 13.7. The van der Waals surface area contributed by atoms with Crippen LogP contribution in [0, 0.1) is 13.8 Å². The van der Waals surface area contributed by atoms with Gasteiger partial charge in [-0.1, -0.05) is 29.8 Å². The number of aromatic amines is 1. The lowest BCUT2D eigenvalue weighted by Crippen LogP contribution is -2.16. The number of tetrazole rings is 1. The Balaban J connectivity index is 1.66. The van der Waals surface area contributed by atoms with E-state index in [0.29, 0.717) is 22.8 Å². The van der Waals surface area contributed by atoms with Crippen LogP contribution in [0.3, 0.4) is 0 Å². The number of hydrogen-bond donors (Lipinski definition) is 2. The summed E-state index contributed by atoms with van der Waals surface area (Å²) in [4.78, 5) is 13.3. The molecule has 2 N–H and O–H groups in total. The summed E-state index contributed by atoms with van der Waals surface area (Å²) in [7, 11) is -2.61. The quantitative estimate of drug-likeness (QED) is 0.255. The zero-order valence-corrected chi connectivity index (χ0v) is 22.2. The summed E-state index contributed by atoms with van der Waals surface area (Å²) in [6, 6.07) is 16.5. The van der Waals surface area contributed by atoms with Gasteiger partial charge in [0, 0.05) is 11.8 Å². The first-order chi connectivity index (χ1) is 19.4. The largest absolute Gasteiger partial charge is 0.493 e. The van der Waals surface area contributed by atoms with E-state index in [1.54, 1.807) is 48.5 Å². The van der Waals surface area contributed by atoms with Gasteiger partial charge in [0.1, 0.15) is 5.69 Å². The Morgan fingerprint density at radius 2 is 1.80 bits per heavy atom. The maximum Gasteiger partial charge on any atom is 0.263 e. The fourth-order valence-corrected chi connectivity index (χ4v) is 4.60. The molecule has 0 saturated carbocycles. The van der Waals surface area contributed by atoms with Crippen molar-refractivity contribution < 1.29 is 22.6 Å². The van der Waals surface area contributed by atoms with Crippen molar-refractivity contribution in [1.29, 1.82) is 0 Å². The van der Waals surface area contributed by atoms with E-state index in [2.05, 4.69) is 47.2 Å². The first-order valence-corrected chi connectivity index (χ1v) is 13.3. The lowest BCUT2D eigenvalue weighted by atomic mass is 10.2. The van der Waals surface area contributed by atoms with Crippen LogP contribution in [0.1, 0.15) is 5.56 Å². The molecule has 5 aromatic rings. The Morgan fingerprint density at radius 3 is 2.50 bits per heavy atom. The van der Waals surface area contributed by atoms with Gasteiger partial charge in [0.05, 0.1) is 18.6 Å². The van der Waals surface area contributed by atoms with Crippen LogP contribution < -0.4 is 18.9 Å². The molecule has 0 atom stereocenters. The number of hydrogen-bond acceptors (Lipinski definition) is 11. The van der Waals surface area contributed by atoms with Crippen molar-refractivity contribution in [3.8, 4) is 46.0 Å². The number of nitrogens with zero attached hydrogens (tertiary/aromatic N) is 6. The molecule has 0 amide bonds. The van der Waals surface area contributed by atoms with Gasteiger partial charge in [0.15, 0.2) is 29.0 Å². The summed E-state index contributed by atoms with van der Waals surface area (Å²) in [6.07, 6.45) is 1.52. The van der Waals surface area contributed by atoms with Gasteiger partial charge in [-0.15, -0.1) is 5.10 Å². The molecule has 0 aliphatic heterocycles. The zero-order chi connectivity index (χ0) is 28.1. The number of sulfonamides is 1. The molecule has 3 heterocycles. The number of anilines is 1. The van der Waals surface area contributed by atoms with Crippen molar-refractivity contribution in [2.24, 2.45) is 0 Å². The molecule has 0 fully saturated rings. The zero-order valence-electron chi connectivity index (χ0n) is 21.4. The van der Waals surface area contributed by atoms with Crippen LogP contribution >= 0.6 is 0 Å². The predicted octanol–water partition coefficient (Wildman–Crippen LogP) is 3.84. The second-order valence-corrected chi connectivity index (χ2v) is 9.91. The van der Waals surface area contributed by atoms with E-state index in [4.69, 9.17) is 14.2 Å². The minimum atomic E-state index is -4.10. The molecule has 1 radical (unpaired) electrons. The SMILES string of the molecule is [CH2]COc1nc(-c2ccnc(-c3nnn[nH]3)c2)nc(NS(=O)(=O)c2ccc(C)cc2)c1Oc1ccccc1OC. The average molecular weight is 560 g/mol. The molecule has 40 heavy (non-hydrogen) atoms. The van der Waals surface area contributed by atoms with Crippen molar-refractivity contribution in [1.82, 2.24) is 35.6 Å². The van der Waals surface area contributed by atoms with Gasteiger partial charge >= 0.3 is 0 Å². The Morgan fingerprint density at radius 1 is 1.02 bits per heavy atom. The number of methoxy groups -OCH3 is 1. The molecule has 13 nitrogen and oxygen atoms in total. The summed E-state index contributed by atoms with van der Waals surface area (Å²) in [6.45, 7) is 5.56.